The molecule has 8 nitrogen and oxygen atoms in total. The van der Waals surface area contributed by atoms with Crippen LogP contribution in [-0.2, 0) is 9.53 Å². The summed E-state index contributed by atoms with van der Waals surface area (Å²) in [6.45, 7) is 2.97. The van der Waals surface area contributed by atoms with Crippen LogP contribution in [0.4, 0.5) is 11.6 Å². The standard InChI is InChI=1S/C22H22N4O4/c1-14-16(22(28)29-3)13-15(30-14)9-10-19(27)26-12-6-11-25(2)20-21(26)24-18-8-5-4-7-17(18)23-20/h4-5,7-10,13H,6,11-12H2,1-3H3/b10-9+. The Bertz CT molecular complexity index is 1150. The Kier molecular flexibility index (Phi) is 5.22. The van der Waals surface area contributed by atoms with Gasteiger partial charge in [-0.1, -0.05) is 12.1 Å². The smallest absolute Gasteiger partial charge is 0.341 e. The third-order valence-corrected chi connectivity index (χ3v) is 5.03. The lowest BCUT2D eigenvalue weighted by atomic mass is 10.2. The predicted octanol–water partition coefficient (Wildman–Crippen LogP) is 3.20. The summed E-state index contributed by atoms with van der Waals surface area (Å²) in [4.78, 5) is 37.9. The number of ether oxygens (including phenoxy) is 1. The maximum Gasteiger partial charge on any atom is 0.341 e. The van der Waals surface area contributed by atoms with E-state index >= 15 is 0 Å². The molecule has 0 unspecified atom stereocenters. The van der Waals surface area contributed by atoms with Gasteiger partial charge in [0.25, 0.3) is 5.91 Å². The number of nitrogens with zero attached hydrogens (tertiary/aromatic N) is 4. The number of esters is 1. The van der Waals surface area contributed by atoms with Crippen molar-refractivity contribution in [3.05, 3.63) is 53.5 Å². The van der Waals surface area contributed by atoms with Crippen LogP contribution in [0.5, 0.6) is 0 Å². The van der Waals surface area contributed by atoms with Crippen LogP contribution in [0.1, 0.15) is 28.3 Å². The second kappa shape index (κ2) is 7.98. The van der Waals surface area contributed by atoms with E-state index in [1.165, 1.54) is 13.2 Å². The molecule has 1 aliphatic rings. The number of rotatable bonds is 3. The van der Waals surface area contributed by atoms with E-state index in [1.807, 2.05) is 36.2 Å². The van der Waals surface area contributed by atoms with Crippen LogP contribution in [0.25, 0.3) is 17.1 Å². The van der Waals surface area contributed by atoms with E-state index in [9.17, 15) is 9.59 Å². The summed E-state index contributed by atoms with van der Waals surface area (Å²) in [7, 11) is 3.26. The summed E-state index contributed by atoms with van der Waals surface area (Å²) in [6, 6.07) is 9.16. The van der Waals surface area contributed by atoms with E-state index in [2.05, 4.69) is 0 Å². The van der Waals surface area contributed by atoms with Gasteiger partial charge in [0.2, 0.25) is 0 Å². The van der Waals surface area contributed by atoms with Gasteiger partial charge < -0.3 is 14.1 Å². The number of carbonyl (C=O) groups excluding carboxylic acids is 2. The number of fused-ring (bicyclic) bond motifs is 2. The number of para-hydroxylation sites is 2. The van der Waals surface area contributed by atoms with E-state index in [-0.39, 0.29) is 5.91 Å². The van der Waals surface area contributed by atoms with Gasteiger partial charge in [-0.25, -0.2) is 14.8 Å². The first-order valence-electron chi connectivity index (χ1n) is 9.64. The van der Waals surface area contributed by atoms with Crippen LogP contribution >= 0.6 is 0 Å². The molecule has 8 heteroatoms. The van der Waals surface area contributed by atoms with Gasteiger partial charge in [-0.3, -0.25) is 9.69 Å². The fraction of sp³-hybridized carbons (Fsp3) is 0.273. The van der Waals surface area contributed by atoms with E-state index in [0.29, 0.717) is 35.3 Å². The van der Waals surface area contributed by atoms with Gasteiger partial charge in [0, 0.05) is 26.2 Å². The molecule has 1 aromatic carbocycles. The molecule has 0 bridgehead atoms. The lowest BCUT2D eigenvalue weighted by Crippen LogP contribution is -2.30. The summed E-state index contributed by atoms with van der Waals surface area (Å²) < 4.78 is 10.3. The molecule has 1 aliphatic heterocycles. The van der Waals surface area contributed by atoms with Crippen LogP contribution in [0.2, 0.25) is 0 Å². The van der Waals surface area contributed by atoms with Crippen molar-refractivity contribution in [2.45, 2.75) is 13.3 Å². The fourth-order valence-corrected chi connectivity index (χ4v) is 3.45. The molecular weight excluding hydrogens is 384 g/mol. The minimum absolute atomic E-state index is 0.232. The maximum absolute atomic E-state index is 13.0. The van der Waals surface area contributed by atoms with Crippen LogP contribution in [0, 0.1) is 6.92 Å². The van der Waals surface area contributed by atoms with Crippen molar-refractivity contribution >= 4 is 40.6 Å². The van der Waals surface area contributed by atoms with Gasteiger partial charge in [-0.2, -0.15) is 0 Å². The second-order valence-corrected chi connectivity index (χ2v) is 7.07. The lowest BCUT2D eigenvalue weighted by Gasteiger charge is -2.21. The molecule has 0 fully saturated rings. The van der Waals surface area contributed by atoms with E-state index < -0.39 is 5.97 Å². The van der Waals surface area contributed by atoms with Crippen molar-refractivity contribution in [3.63, 3.8) is 0 Å². The quantitative estimate of drug-likeness (QED) is 0.487. The third-order valence-electron chi connectivity index (χ3n) is 5.03. The van der Waals surface area contributed by atoms with Crippen molar-refractivity contribution in [2.75, 3.05) is 37.0 Å². The molecule has 0 atom stereocenters. The zero-order valence-corrected chi connectivity index (χ0v) is 17.1. The fourth-order valence-electron chi connectivity index (χ4n) is 3.45. The molecule has 0 saturated heterocycles. The number of benzene rings is 1. The Balaban J connectivity index is 1.66. The summed E-state index contributed by atoms with van der Waals surface area (Å²) in [5.41, 5.74) is 1.86. The Morgan fingerprint density at radius 3 is 2.53 bits per heavy atom. The minimum atomic E-state index is -0.478. The van der Waals surface area contributed by atoms with Crippen LogP contribution < -0.4 is 9.80 Å². The number of amides is 1. The number of anilines is 2. The Morgan fingerprint density at radius 1 is 1.13 bits per heavy atom. The molecular formula is C22H22N4O4. The first kappa shape index (κ1) is 19.6. The second-order valence-electron chi connectivity index (χ2n) is 7.07. The molecule has 30 heavy (non-hydrogen) atoms. The topological polar surface area (TPSA) is 88.8 Å². The van der Waals surface area contributed by atoms with Gasteiger partial charge >= 0.3 is 5.97 Å². The van der Waals surface area contributed by atoms with Gasteiger partial charge in [-0.05, 0) is 37.6 Å². The number of hydrogen-bond donors (Lipinski definition) is 0. The maximum atomic E-state index is 13.0. The summed E-state index contributed by atoms with van der Waals surface area (Å²) in [5, 5.41) is 0. The molecule has 154 valence electrons. The molecule has 0 saturated carbocycles. The van der Waals surface area contributed by atoms with Crippen molar-refractivity contribution in [2.24, 2.45) is 0 Å². The van der Waals surface area contributed by atoms with Crippen molar-refractivity contribution in [1.29, 1.82) is 0 Å². The molecule has 0 spiro atoms. The van der Waals surface area contributed by atoms with Crippen LogP contribution in [0.15, 0.2) is 40.8 Å². The highest BCUT2D eigenvalue weighted by Crippen LogP contribution is 2.30. The summed E-state index contributed by atoms with van der Waals surface area (Å²) in [5.74, 6) is 1.34. The predicted molar refractivity (Wildman–Crippen MR) is 114 cm³/mol. The van der Waals surface area contributed by atoms with Gasteiger partial charge in [0.1, 0.15) is 17.1 Å². The first-order valence-corrected chi connectivity index (χ1v) is 9.64. The number of aromatic nitrogens is 2. The largest absolute Gasteiger partial charge is 0.465 e. The molecule has 2 aromatic heterocycles. The SMILES string of the molecule is COC(=O)c1cc(/C=C/C(=O)N2CCCN(C)c3nc4ccccc4nc32)oc1C. The molecule has 4 rings (SSSR count). The minimum Gasteiger partial charge on any atom is -0.465 e. The van der Waals surface area contributed by atoms with E-state index in [1.54, 1.807) is 24.0 Å². The first-order chi connectivity index (χ1) is 14.5. The normalized spacial score (nSPS) is 14.1. The molecule has 0 aliphatic carbocycles. The van der Waals surface area contributed by atoms with Crippen LogP contribution in [0.3, 0.4) is 0 Å². The highest BCUT2D eigenvalue weighted by molar-refractivity contribution is 6.05. The van der Waals surface area contributed by atoms with Gasteiger partial charge in [0.15, 0.2) is 11.6 Å². The summed E-state index contributed by atoms with van der Waals surface area (Å²) >= 11 is 0. The monoisotopic (exact) mass is 406 g/mol. The number of furan rings is 1. The number of methoxy groups -OCH3 is 1. The Morgan fingerprint density at radius 2 is 1.83 bits per heavy atom. The third kappa shape index (κ3) is 3.63. The molecule has 3 aromatic rings. The average molecular weight is 406 g/mol. The van der Waals surface area contributed by atoms with E-state index in [0.717, 1.165) is 24.0 Å². The highest BCUT2D eigenvalue weighted by Gasteiger charge is 2.25. The van der Waals surface area contributed by atoms with Crippen LogP contribution in [-0.4, -0.2) is 49.1 Å². The molecule has 3 heterocycles. The lowest BCUT2D eigenvalue weighted by molar-refractivity contribution is -0.114. The zero-order valence-electron chi connectivity index (χ0n) is 17.1. The number of aryl methyl sites for hydroxylation is 1. The van der Waals surface area contributed by atoms with E-state index in [4.69, 9.17) is 19.1 Å². The average Bonchev–Trinajstić information content (AvgIpc) is 3.05. The summed E-state index contributed by atoms with van der Waals surface area (Å²) in [6.07, 6.45) is 3.76. The highest BCUT2D eigenvalue weighted by atomic mass is 16.5. The molecule has 1 amide bonds. The molecule has 0 N–H and O–H groups in total. The van der Waals surface area contributed by atoms with Crippen molar-refractivity contribution < 1.29 is 18.7 Å². The Labute approximate surface area is 173 Å². The Hall–Kier alpha value is -3.68. The molecule has 0 radical (unpaired) electrons. The van der Waals surface area contributed by atoms with Gasteiger partial charge in [0.05, 0.1) is 18.1 Å². The van der Waals surface area contributed by atoms with Crippen molar-refractivity contribution in [1.82, 2.24) is 9.97 Å². The zero-order chi connectivity index (χ0) is 21.3. The number of hydrogen-bond acceptors (Lipinski definition) is 7. The van der Waals surface area contributed by atoms with Gasteiger partial charge in [-0.15, -0.1) is 0 Å². The number of carbonyl (C=O) groups is 2. The van der Waals surface area contributed by atoms with Crippen molar-refractivity contribution in [3.8, 4) is 0 Å².